The van der Waals surface area contributed by atoms with Gasteiger partial charge in [0.2, 0.25) is 0 Å². The number of thiazole rings is 1. The summed E-state index contributed by atoms with van der Waals surface area (Å²) in [5.41, 5.74) is 0.114. The van der Waals surface area contributed by atoms with Crippen molar-refractivity contribution in [2.45, 2.75) is 12.6 Å². The van der Waals surface area contributed by atoms with Crippen LogP contribution in [0.4, 0.5) is 18.9 Å². The van der Waals surface area contributed by atoms with Gasteiger partial charge in [-0.1, -0.05) is 23.7 Å². The summed E-state index contributed by atoms with van der Waals surface area (Å²) in [7, 11) is 1.58. The van der Waals surface area contributed by atoms with E-state index in [1.165, 1.54) is 17.4 Å². The van der Waals surface area contributed by atoms with Gasteiger partial charge in [-0.15, -0.1) is 11.3 Å². The van der Waals surface area contributed by atoms with E-state index < -0.39 is 22.7 Å². The molecule has 0 radical (unpaired) electrons. The van der Waals surface area contributed by atoms with Gasteiger partial charge in [-0.3, -0.25) is 4.79 Å². The van der Waals surface area contributed by atoms with Gasteiger partial charge in [-0.2, -0.15) is 13.2 Å². The van der Waals surface area contributed by atoms with Crippen molar-refractivity contribution < 1.29 is 22.7 Å². The van der Waals surface area contributed by atoms with E-state index in [4.69, 9.17) is 16.3 Å². The first-order valence-corrected chi connectivity index (χ1v) is 9.27. The Hall–Kier alpha value is -2.58. The summed E-state index contributed by atoms with van der Waals surface area (Å²) in [6.07, 6.45) is -4.08. The molecule has 0 bridgehead atoms. The lowest BCUT2D eigenvalue weighted by molar-refractivity contribution is -0.137. The van der Waals surface area contributed by atoms with E-state index in [1.807, 2.05) is 24.3 Å². The fourth-order valence-electron chi connectivity index (χ4n) is 2.43. The summed E-state index contributed by atoms with van der Waals surface area (Å²) in [5.74, 6) is 0.150. The molecule has 28 heavy (non-hydrogen) atoms. The minimum absolute atomic E-state index is 0.00794. The van der Waals surface area contributed by atoms with Gasteiger partial charge >= 0.3 is 6.18 Å². The van der Waals surface area contributed by atoms with Crippen LogP contribution in [0.1, 0.15) is 26.6 Å². The lowest BCUT2D eigenvalue weighted by Crippen LogP contribution is -2.14. The fourth-order valence-corrected chi connectivity index (χ4v) is 3.46. The predicted molar refractivity (Wildman–Crippen MR) is 102 cm³/mol. The van der Waals surface area contributed by atoms with Crippen molar-refractivity contribution in [2.24, 2.45) is 0 Å². The minimum atomic E-state index is -4.61. The van der Waals surface area contributed by atoms with Crippen LogP contribution in [0, 0.1) is 0 Å². The Bertz CT molecular complexity index is 988. The number of aromatic nitrogens is 1. The molecule has 1 heterocycles. The van der Waals surface area contributed by atoms with Crippen LogP contribution in [0.5, 0.6) is 5.75 Å². The molecule has 2 aromatic carbocycles. The summed E-state index contributed by atoms with van der Waals surface area (Å²) in [6.45, 7) is 0. The average molecular weight is 427 g/mol. The third-order valence-electron chi connectivity index (χ3n) is 3.83. The van der Waals surface area contributed by atoms with Gasteiger partial charge in [0, 0.05) is 17.5 Å². The number of methoxy groups -OCH3 is 1. The van der Waals surface area contributed by atoms with E-state index in [0.29, 0.717) is 11.4 Å². The molecule has 1 N–H and O–H groups in total. The molecule has 1 aromatic heterocycles. The zero-order chi connectivity index (χ0) is 20.3. The van der Waals surface area contributed by atoms with Crippen LogP contribution in [-0.4, -0.2) is 18.0 Å². The summed E-state index contributed by atoms with van der Waals surface area (Å²) < 4.78 is 43.9. The van der Waals surface area contributed by atoms with Crippen molar-refractivity contribution in [3.05, 3.63) is 74.7 Å². The zero-order valence-electron chi connectivity index (χ0n) is 14.5. The molecular formula is C19H14ClF3N2O2S. The van der Waals surface area contributed by atoms with Gasteiger partial charge in [0.25, 0.3) is 5.91 Å². The van der Waals surface area contributed by atoms with Crippen molar-refractivity contribution in [1.82, 2.24) is 4.98 Å². The third kappa shape index (κ3) is 4.82. The van der Waals surface area contributed by atoms with Gasteiger partial charge in [0.15, 0.2) is 0 Å². The Morgan fingerprint density at radius 3 is 2.57 bits per heavy atom. The van der Waals surface area contributed by atoms with Gasteiger partial charge in [0.05, 0.1) is 22.7 Å². The second-order valence-corrected chi connectivity index (χ2v) is 7.15. The number of carbonyl (C=O) groups is 1. The molecule has 0 saturated carbocycles. The number of ether oxygens (including phenoxy) is 1. The molecule has 0 spiro atoms. The molecule has 0 unspecified atom stereocenters. The summed E-state index contributed by atoms with van der Waals surface area (Å²) in [6, 6.07) is 10.6. The van der Waals surface area contributed by atoms with Crippen molar-refractivity contribution in [1.29, 1.82) is 0 Å². The molecular weight excluding hydrogens is 413 g/mol. The Balaban J connectivity index is 1.70. The number of nitrogens with one attached hydrogen (secondary N) is 1. The van der Waals surface area contributed by atoms with Gasteiger partial charge in [0.1, 0.15) is 11.4 Å². The van der Waals surface area contributed by atoms with Crippen molar-refractivity contribution in [3.63, 3.8) is 0 Å². The number of amides is 1. The molecule has 9 heteroatoms. The van der Waals surface area contributed by atoms with Crippen LogP contribution in [0.2, 0.25) is 5.02 Å². The minimum Gasteiger partial charge on any atom is -0.497 e. The molecule has 3 rings (SSSR count). The molecule has 0 fully saturated rings. The number of hydrogen-bond acceptors (Lipinski definition) is 4. The number of hydrogen-bond donors (Lipinski definition) is 1. The van der Waals surface area contributed by atoms with Crippen LogP contribution in [0.25, 0.3) is 0 Å². The van der Waals surface area contributed by atoms with Crippen LogP contribution in [-0.2, 0) is 12.6 Å². The highest BCUT2D eigenvalue weighted by atomic mass is 35.5. The first kappa shape index (κ1) is 20.2. The van der Waals surface area contributed by atoms with E-state index in [9.17, 15) is 18.0 Å². The molecule has 3 aromatic rings. The predicted octanol–water partition coefficient (Wildman–Crippen LogP) is 5.67. The molecule has 4 nitrogen and oxygen atoms in total. The number of carbonyl (C=O) groups excluding carboxylic acids is 1. The van der Waals surface area contributed by atoms with E-state index in [1.54, 1.807) is 12.5 Å². The summed E-state index contributed by atoms with van der Waals surface area (Å²) >= 11 is 6.88. The van der Waals surface area contributed by atoms with Crippen LogP contribution >= 0.6 is 22.9 Å². The maximum atomic E-state index is 12.9. The fraction of sp³-hybridized carbons (Fsp3) is 0.158. The summed E-state index contributed by atoms with van der Waals surface area (Å²) in [4.78, 5) is 16.6. The number of rotatable bonds is 5. The molecule has 0 aliphatic heterocycles. The van der Waals surface area contributed by atoms with E-state index in [2.05, 4.69) is 10.3 Å². The standard InChI is InChI=1S/C19H14ClF3N2O2S/c1-27-13-5-2-11(3-6-13)8-17-25-16(10-28-17)18(26)24-12-4-7-15(20)14(9-12)19(21,22)23/h2-7,9-10H,8H2,1H3,(H,24,26). The number of halogens is 4. The lowest BCUT2D eigenvalue weighted by Gasteiger charge is -2.11. The quantitative estimate of drug-likeness (QED) is 0.572. The molecule has 0 aliphatic rings. The Morgan fingerprint density at radius 2 is 1.93 bits per heavy atom. The Labute approximate surface area is 167 Å². The lowest BCUT2D eigenvalue weighted by atomic mass is 10.1. The summed E-state index contributed by atoms with van der Waals surface area (Å²) in [5, 5.41) is 4.27. The zero-order valence-corrected chi connectivity index (χ0v) is 16.1. The van der Waals surface area contributed by atoms with Crippen LogP contribution in [0.3, 0.4) is 0 Å². The number of nitrogens with zero attached hydrogens (tertiary/aromatic N) is 1. The van der Waals surface area contributed by atoms with Gasteiger partial charge < -0.3 is 10.1 Å². The number of anilines is 1. The Kier molecular flexibility index (Phi) is 5.90. The molecule has 0 atom stereocenters. The van der Waals surface area contributed by atoms with Gasteiger partial charge in [-0.05, 0) is 35.9 Å². The second kappa shape index (κ2) is 8.20. The number of alkyl halides is 3. The monoisotopic (exact) mass is 426 g/mol. The highest BCUT2D eigenvalue weighted by molar-refractivity contribution is 7.09. The van der Waals surface area contributed by atoms with Crippen LogP contribution < -0.4 is 10.1 Å². The molecule has 1 amide bonds. The first-order chi connectivity index (χ1) is 13.3. The van der Waals surface area contributed by atoms with Crippen molar-refractivity contribution in [2.75, 3.05) is 12.4 Å². The second-order valence-electron chi connectivity index (χ2n) is 5.80. The largest absolute Gasteiger partial charge is 0.497 e. The Morgan fingerprint density at radius 1 is 1.21 bits per heavy atom. The van der Waals surface area contributed by atoms with E-state index >= 15 is 0 Å². The van der Waals surface area contributed by atoms with Crippen molar-refractivity contribution in [3.8, 4) is 5.75 Å². The maximum Gasteiger partial charge on any atom is 0.417 e. The molecule has 0 aliphatic carbocycles. The molecule has 0 saturated heterocycles. The van der Waals surface area contributed by atoms with Crippen molar-refractivity contribution >= 4 is 34.5 Å². The maximum absolute atomic E-state index is 12.9. The third-order valence-corrected chi connectivity index (χ3v) is 5.01. The SMILES string of the molecule is COc1ccc(Cc2nc(C(=O)Nc3ccc(Cl)c(C(F)(F)F)c3)cs2)cc1. The smallest absolute Gasteiger partial charge is 0.417 e. The number of benzene rings is 2. The van der Waals surface area contributed by atoms with E-state index in [0.717, 1.165) is 23.4 Å². The highest BCUT2D eigenvalue weighted by Gasteiger charge is 2.33. The highest BCUT2D eigenvalue weighted by Crippen LogP contribution is 2.36. The normalized spacial score (nSPS) is 11.3. The first-order valence-electron chi connectivity index (χ1n) is 8.01. The molecule has 146 valence electrons. The van der Waals surface area contributed by atoms with Gasteiger partial charge in [-0.25, -0.2) is 4.98 Å². The topological polar surface area (TPSA) is 51.2 Å². The average Bonchev–Trinajstić information content (AvgIpc) is 3.11. The van der Waals surface area contributed by atoms with Crippen LogP contribution in [0.15, 0.2) is 47.8 Å². The van der Waals surface area contributed by atoms with E-state index in [-0.39, 0.29) is 11.4 Å².